The van der Waals surface area contributed by atoms with Crippen LogP contribution in [0.4, 0.5) is 21.6 Å². The smallest absolute Gasteiger partial charge is 0.288 e. The van der Waals surface area contributed by atoms with E-state index in [-0.39, 0.29) is 28.0 Å². The number of ether oxygens (including phenoxy) is 1. The van der Waals surface area contributed by atoms with E-state index < -0.39 is 15.8 Å². The summed E-state index contributed by atoms with van der Waals surface area (Å²) in [5.74, 6) is -0.642. The lowest BCUT2D eigenvalue weighted by Crippen LogP contribution is -2.14. The third-order valence-electron chi connectivity index (χ3n) is 4.96. The predicted molar refractivity (Wildman–Crippen MR) is 118 cm³/mol. The van der Waals surface area contributed by atoms with Crippen molar-refractivity contribution < 1.29 is 17.5 Å². The Morgan fingerprint density at radius 3 is 2.72 bits per heavy atom. The molecule has 8 nitrogen and oxygen atoms in total. The molecule has 0 radical (unpaired) electrons. The van der Waals surface area contributed by atoms with Crippen LogP contribution in [0, 0.1) is 19.3 Å². The molecule has 3 N–H and O–H groups in total. The van der Waals surface area contributed by atoms with Crippen LogP contribution in [0.3, 0.4) is 0 Å². The molecule has 0 fully saturated rings. The van der Waals surface area contributed by atoms with E-state index in [2.05, 4.69) is 20.1 Å². The lowest BCUT2D eigenvalue weighted by atomic mass is 10.1. The van der Waals surface area contributed by atoms with Crippen LogP contribution >= 0.6 is 0 Å². The molecular formula is C22H18FN5O3S. The molecule has 0 saturated carbocycles. The Hall–Kier alpha value is -3.81. The number of rotatable bonds is 5. The minimum atomic E-state index is -3.93. The molecule has 0 saturated heterocycles. The Labute approximate surface area is 184 Å². The lowest BCUT2D eigenvalue weighted by Gasteiger charge is -2.13. The van der Waals surface area contributed by atoms with Crippen LogP contribution < -0.4 is 15.2 Å². The molecule has 1 aliphatic carbocycles. The van der Waals surface area contributed by atoms with Gasteiger partial charge in [0.15, 0.2) is 11.6 Å². The van der Waals surface area contributed by atoms with Crippen LogP contribution in [0.15, 0.2) is 47.1 Å². The highest BCUT2D eigenvalue weighted by molar-refractivity contribution is 7.89. The first-order valence-electron chi connectivity index (χ1n) is 9.46. The number of aryl methyl sites for hydroxylation is 1. The zero-order valence-electron chi connectivity index (χ0n) is 17.2. The number of aromatic nitrogens is 2. The highest BCUT2D eigenvalue weighted by atomic mass is 32.2. The zero-order chi connectivity index (χ0) is 23.0. The van der Waals surface area contributed by atoms with Crippen molar-refractivity contribution in [3.8, 4) is 11.6 Å². The van der Waals surface area contributed by atoms with Crippen molar-refractivity contribution in [2.75, 3.05) is 5.32 Å². The van der Waals surface area contributed by atoms with Crippen LogP contribution in [0.1, 0.15) is 23.6 Å². The quantitative estimate of drug-likeness (QED) is 0.548. The van der Waals surface area contributed by atoms with Gasteiger partial charge in [-0.2, -0.15) is 0 Å². The monoisotopic (exact) mass is 451 g/mol. The third kappa shape index (κ3) is 4.03. The van der Waals surface area contributed by atoms with Gasteiger partial charge in [0.05, 0.1) is 11.5 Å². The third-order valence-corrected chi connectivity index (χ3v) is 6.01. The van der Waals surface area contributed by atoms with Gasteiger partial charge in [-0.05, 0) is 49.6 Å². The molecule has 32 heavy (non-hydrogen) atoms. The van der Waals surface area contributed by atoms with Gasteiger partial charge in [0.1, 0.15) is 12.1 Å². The number of primary sulfonamides is 1. The molecule has 162 valence electrons. The van der Waals surface area contributed by atoms with Crippen molar-refractivity contribution in [3.05, 3.63) is 76.2 Å². The molecule has 1 aliphatic rings. The number of nitrogens with one attached hydrogen (secondary N) is 1. The van der Waals surface area contributed by atoms with Gasteiger partial charge >= 0.3 is 0 Å². The second-order valence-corrected chi connectivity index (χ2v) is 8.89. The van der Waals surface area contributed by atoms with E-state index in [0.29, 0.717) is 23.2 Å². The van der Waals surface area contributed by atoms with Crippen molar-refractivity contribution >= 4 is 33.3 Å². The van der Waals surface area contributed by atoms with E-state index in [0.717, 1.165) is 17.5 Å². The first kappa shape index (κ1) is 21.4. The molecule has 0 aliphatic heterocycles. The number of sulfonamides is 1. The molecule has 4 rings (SSSR count). The molecule has 1 heterocycles. The van der Waals surface area contributed by atoms with Crippen molar-refractivity contribution in [2.24, 2.45) is 5.14 Å². The molecule has 3 aromatic rings. The van der Waals surface area contributed by atoms with E-state index in [9.17, 15) is 12.8 Å². The number of nitrogens with two attached hydrogens (primary N) is 1. The van der Waals surface area contributed by atoms with Crippen LogP contribution in [0.2, 0.25) is 0 Å². The molecular weight excluding hydrogens is 433 g/mol. The van der Waals surface area contributed by atoms with Gasteiger partial charge in [-0.3, -0.25) is 0 Å². The van der Waals surface area contributed by atoms with E-state index in [4.69, 9.17) is 16.4 Å². The summed E-state index contributed by atoms with van der Waals surface area (Å²) < 4.78 is 44.2. The van der Waals surface area contributed by atoms with Crippen molar-refractivity contribution in [2.45, 2.75) is 25.2 Å². The minimum Gasteiger partial charge on any atom is -0.446 e. The highest BCUT2D eigenvalue weighted by Gasteiger charge is 2.21. The zero-order valence-corrected chi connectivity index (χ0v) is 18.0. The van der Waals surface area contributed by atoms with Gasteiger partial charge < -0.3 is 10.1 Å². The number of hydrogen-bond donors (Lipinski definition) is 2. The summed E-state index contributed by atoms with van der Waals surface area (Å²) in [4.78, 5) is 11.4. The van der Waals surface area contributed by atoms with Gasteiger partial charge in [-0.15, -0.1) is 0 Å². The number of allylic oxidation sites excluding steroid dienone is 1. The second-order valence-electron chi connectivity index (χ2n) is 7.36. The predicted octanol–water partition coefficient (Wildman–Crippen LogP) is 4.62. The highest BCUT2D eigenvalue weighted by Crippen LogP contribution is 2.39. The summed E-state index contributed by atoms with van der Waals surface area (Å²) in [6.07, 6.45) is 3.61. The summed E-state index contributed by atoms with van der Waals surface area (Å²) in [6.45, 7) is 11.1. The first-order chi connectivity index (χ1) is 15.2. The number of halogens is 1. The van der Waals surface area contributed by atoms with Crippen LogP contribution in [0.25, 0.3) is 10.9 Å². The van der Waals surface area contributed by atoms with Gasteiger partial charge in [0.2, 0.25) is 15.9 Å². The van der Waals surface area contributed by atoms with E-state index in [1.807, 2.05) is 6.92 Å². The fourth-order valence-corrected chi connectivity index (χ4v) is 4.26. The maximum absolute atomic E-state index is 14.9. The Morgan fingerprint density at radius 1 is 1.22 bits per heavy atom. The van der Waals surface area contributed by atoms with Crippen LogP contribution in [-0.4, -0.2) is 18.4 Å². The number of benzene rings is 2. The summed E-state index contributed by atoms with van der Waals surface area (Å²) in [7, 11) is -3.93. The maximum Gasteiger partial charge on any atom is 0.288 e. The van der Waals surface area contributed by atoms with Crippen LogP contribution in [0.5, 0.6) is 11.6 Å². The normalized spacial score (nSPS) is 12.7. The molecule has 0 spiro atoms. The van der Waals surface area contributed by atoms with E-state index >= 15 is 0 Å². The average Bonchev–Trinajstić information content (AvgIpc) is 3.12. The standard InChI is InChI=1S/C22H18FN5O3S/c1-12-8-14-5-7-17(19(23)16(14)9-12)31-22-20(25-3)21(26-11-27-22)28-15-6-4-13(2)18(10-15)32(24,29)30/h4-7,9-11H,8H2,1-2H3,(H2,24,29,30)(H,26,27,28). The molecule has 1 aromatic heterocycles. The Kier molecular flexibility index (Phi) is 5.38. The first-order valence-corrected chi connectivity index (χ1v) is 11.0. The summed E-state index contributed by atoms with van der Waals surface area (Å²) in [5, 5.41) is 8.14. The van der Waals surface area contributed by atoms with Gasteiger partial charge in [0, 0.05) is 11.3 Å². The van der Waals surface area contributed by atoms with Gasteiger partial charge in [-0.1, -0.05) is 23.8 Å². The van der Waals surface area contributed by atoms with Crippen molar-refractivity contribution in [1.82, 2.24) is 9.97 Å². The Bertz CT molecular complexity index is 1430. The number of anilines is 2. The molecule has 0 amide bonds. The summed E-state index contributed by atoms with van der Waals surface area (Å²) in [6, 6.07) is 7.82. The Morgan fingerprint density at radius 2 is 2.00 bits per heavy atom. The molecule has 0 atom stereocenters. The molecule has 2 aromatic carbocycles. The molecule has 0 bridgehead atoms. The topological polar surface area (TPSA) is 112 Å². The molecule has 10 heteroatoms. The van der Waals surface area contributed by atoms with Crippen molar-refractivity contribution in [1.29, 1.82) is 0 Å². The largest absolute Gasteiger partial charge is 0.446 e. The summed E-state index contributed by atoms with van der Waals surface area (Å²) >= 11 is 0. The molecule has 0 unspecified atom stereocenters. The fraction of sp³-hybridized carbons (Fsp3) is 0.136. The fourth-order valence-electron chi connectivity index (χ4n) is 3.45. The second kappa shape index (κ2) is 8.03. The number of hydrogen-bond acceptors (Lipinski definition) is 6. The average molecular weight is 451 g/mol. The minimum absolute atomic E-state index is 0.0547. The lowest BCUT2D eigenvalue weighted by molar-refractivity contribution is 0.428. The van der Waals surface area contributed by atoms with E-state index in [1.165, 1.54) is 12.1 Å². The Balaban J connectivity index is 1.69. The van der Waals surface area contributed by atoms with Gasteiger partial charge in [0.25, 0.3) is 5.69 Å². The van der Waals surface area contributed by atoms with E-state index in [1.54, 1.807) is 31.2 Å². The SMILES string of the molecule is [C-]#[N+]c1c(Nc2ccc(C)c(S(N)(=O)=O)c2)ncnc1Oc1ccc2c(c1F)C=C(C)C2. The maximum atomic E-state index is 14.9. The number of nitrogens with zero attached hydrogens (tertiary/aromatic N) is 3. The van der Waals surface area contributed by atoms with Crippen molar-refractivity contribution in [3.63, 3.8) is 0 Å². The van der Waals surface area contributed by atoms with Crippen LogP contribution in [-0.2, 0) is 16.4 Å². The summed E-state index contributed by atoms with van der Waals surface area (Å²) in [5.41, 5.74) is 3.12. The number of fused-ring (bicyclic) bond motifs is 1. The van der Waals surface area contributed by atoms with Gasteiger partial charge in [-0.25, -0.2) is 32.8 Å².